The van der Waals surface area contributed by atoms with Gasteiger partial charge in [-0.3, -0.25) is 4.79 Å². The Hall–Kier alpha value is -2.74. The molecule has 1 heterocycles. The molecule has 2 aromatic rings. The largest absolute Gasteiger partial charge is 0.497 e. The van der Waals surface area contributed by atoms with Crippen molar-refractivity contribution >= 4 is 11.6 Å². The average Bonchev–Trinajstić information content (AvgIpc) is 2.97. The van der Waals surface area contributed by atoms with Crippen molar-refractivity contribution in [3.63, 3.8) is 0 Å². The second-order valence-electron chi connectivity index (χ2n) is 5.94. The molecule has 0 saturated heterocycles. The van der Waals surface area contributed by atoms with Crippen LogP contribution in [0.4, 0.5) is 18.9 Å². The summed E-state index contributed by atoms with van der Waals surface area (Å²) in [6, 6.07) is 8.45. The zero-order chi connectivity index (χ0) is 18.9. The van der Waals surface area contributed by atoms with E-state index in [1.54, 1.807) is 18.2 Å². The third-order valence-electron chi connectivity index (χ3n) is 4.17. The molecule has 1 aliphatic heterocycles. The van der Waals surface area contributed by atoms with Gasteiger partial charge in [0.05, 0.1) is 12.7 Å². The summed E-state index contributed by atoms with van der Waals surface area (Å²) in [5, 5.41) is 14.9. The summed E-state index contributed by atoms with van der Waals surface area (Å²) >= 11 is 0. The fraction of sp³-hybridized carbons (Fsp3) is 0.278. The van der Waals surface area contributed by atoms with Crippen molar-refractivity contribution < 1.29 is 27.8 Å². The predicted molar refractivity (Wildman–Crippen MR) is 88.9 cm³/mol. The molecule has 1 atom stereocenters. The minimum absolute atomic E-state index is 0.0543. The van der Waals surface area contributed by atoms with Crippen LogP contribution in [-0.2, 0) is 19.1 Å². The lowest BCUT2D eigenvalue weighted by atomic mass is 10.1. The van der Waals surface area contributed by atoms with Crippen LogP contribution in [0, 0.1) is 0 Å². The second kappa shape index (κ2) is 6.87. The molecule has 3 N–H and O–H groups in total. The van der Waals surface area contributed by atoms with Gasteiger partial charge in [-0.05, 0) is 35.4 Å². The molecule has 1 amide bonds. The van der Waals surface area contributed by atoms with Crippen molar-refractivity contribution in [1.82, 2.24) is 5.32 Å². The lowest BCUT2D eigenvalue weighted by Gasteiger charge is -2.15. The zero-order valence-electron chi connectivity index (χ0n) is 13.9. The fourth-order valence-corrected chi connectivity index (χ4v) is 2.85. The lowest BCUT2D eigenvalue weighted by Crippen LogP contribution is -2.24. The highest BCUT2D eigenvalue weighted by atomic mass is 19.4. The lowest BCUT2D eigenvalue weighted by molar-refractivity contribution is -0.138. The number of aliphatic hydroxyl groups excluding tert-OH is 1. The number of carbonyl (C=O) groups is 1. The van der Waals surface area contributed by atoms with Crippen LogP contribution in [0.2, 0.25) is 0 Å². The van der Waals surface area contributed by atoms with Gasteiger partial charge in [0, 0.05) is 24.2 Å². The number of fused-ring (bicyclic) bond motifs is 1. The number of ether oxygens (including phenoxy) is 1. The third kappa shape index (κ3) is 3.75. The molecule has 0 aliphatic carbocycles. The Labute approximate surface area is 147 Å². The molecular formula is C18H17F3N2O3. The molecular weight excluding hydrogens is 349 g/mol. The number of nitrogens with one attached hydrogen (secondary N) is 2. The van der Waals surface area contributed by atoms with Crippen LogP contribution in [0.3, 0.4) is 0 Å². The summed E-state index contributed by atoms with van der Waals surface area (Å²) in [7, 11) is 1.29. The van der Waals surface area contributed by atoms with Crippen LogP contribution in [-0.4, -0.2) is 24.4 Å². The van der Waals surface area contributed by atoms with Crippen LogP contribution in [0.25, 0.3) is 0 Å². The molecule has 0 fully saturated rings. The molecule has 1 aliphatic rings. The van der Waals surface area contributed by atoms with Gasteiger partial charge < -0.3 is 20.5 Å². The Kier molecular flexibility index (Phi) is 4.78. The van der Waals surface area contributed by atoms with Crippen molar-refractivity contribution in [2.45, 2.75) is 25.4 Å². The van der Waals surface area contributed by atoms with E-state index in [-0.39, 0.29) is 17.9 Å². The van der Waals surface area contributed by atoms with E-state index in [1.807, 2.05) is 0 Å². The van der Waals surface area contributed by atoms with Crippen molar-refractivity contribution in [3.05, 3.63) is 58.7 Å². The van der Waals surface area contributed by atoms with Gasteiger partial charge in [0.1, 0.15) is 12.0 Å². The van der Waals surface area contributed by atoms with E-state index in [2.05, 4.69) is 10.6 Å². The van der Waals surface area contributed by atoms with E-state index < -0.39 is 23.9 Å². The maximum absolute atomic E-state index is 13.2. The number of halogens is 3. The van der Waals surface area contributed by atoms with Crippen molar-refractivity contribution in [3.8, 4) is 5.75 Å². The van der Waals surface area contributed by atoms with E-state index in [0.29, 0.717) is 17.7 Å². The Morgan fingerprint density at radius 1 is 1.31 bits per heavy atom. The average molecular weight is 366 g/mol. The van der Waals surface area contributed by atoms with Gasteiger partial charge in [0.15, 0.2) is 0 Å². The van der Waals surface area contributed by atoms with Gasteiger partial charge in [-0.15, -0.1) is 0 Å². The number of methoxy groups -OCH3 is 1. The first-order valence-corrected chi connectivity index (χ1v) is 7.88. The van der Waals surface area contributed by atoms with Crippen LogP contribution in [0.5, 0.6) is 5.75 Å². The Bertz CT molecular complexity index is 837. The summed E-state index contributed by atoms with van der Waals surface area (Å²) in [5.41, 5.74) is 0.916. The summed E-state index contributed by atoms with van der Waals surface area (Å²) in [4.78, 5) is 12.3. The number of benzene rings is 2. The number of carbonyl (C=O) groups excluding carboxylic acids is 1. The highest BCUT2D eigenvalue weighted by Gasteiger charge is 2.33. The zero-order valence-corrected chi connectivity index (χ0v) is 13.9. The van der Waals surface area contributed by atoms with Gasteiger partial charge >= 0.3 is 6.18 Å². The molecule has 5 nitrogen and oxygen atoms in total. The van der Waals surface area contributed by atoms with Gasteiger partial charge in [0.2, 0.25) is 0 Å². The van der Waals surface area contributed by atoms with Crippen LogP contribution in [0.1, 0.15) is 27.0 Å². The molecule has 0 aromatic heterocycles. The maximum atomic E-state index is 13.2. The van der Waals surface area contributed by atoms with Crippen molar-refractivity contribution in [2.75, 3.05) is 12.4 Å². The summed E-state index contributed by atoms with van der Waals surface area (Å²) in [6.07, 6.45) is -4.81. The molecule has 8 heteroatoms. The molecule has 0 radical (unpaired) electrons. The Morgan fingerprint density at radius 2 is 2.08 bits per heavy atom. The molecule has 138 valence electrons. The van der Waals surface area contributed by atoms with E-state index in [9.17, 15) is 23.1 Å². The van der Waals surface area contributed by atoms with E-state index in [4.69, 9.17) is 4.74 Å². The second-order valence-corrected chi connectivity index (χ2v) is 5.94. The Morgan fingerprint density at radius 3 is 2.77 bits per heavy atom. The minimum atomic E-state index is -4.55. The number of anilines is 1. The van der Waals surface area contributed by atoms with Gasteiger partial charge in [-0.1, -0.05) is 12.1 Å². The minimum Gasteiger partial charge on any atom is -0.497 e. The van der Waals surface area contributed by atoms with Crippen molar-refractivity contribution in [2.24, 2.45) is 0 Å². The topological polar surface area (TPSA) is 70.6 Å². The predicted octanol–water partition coefficient (Wildman–Crippen LogP) is 2.93. The molecule has 0 bridgehead atoms. The standard InChI is InChI=1S/C18H17F3N2O3/c1-26-13-5-4-12(14(8-13)18(19,20)21)9-22-17(25)11-3-2-10-7-16(24)23-15(10)6-11/h2-6,8,16,23-24H,7,9H2,1H3,(H,22,25). The van der Waals surface area contributed by atoms with Crippen LogP contribution < -0.4 is 15.4 Å². The maximum Gasteiger partial charge on any atom is 0.416 e. The van der Waals surface area contributed by atoms with Crippen LogP contribution in [0.15, 0.2) is 36.4 Å². The van der Waals surface area contributed by atoms with E-state index in [0.717, 1.165) is 11.6 Å². The van der Waals surface area contributed by atoms with Gasteiger partial charge in [-0.25, -0.2) is 0 Å². The summed E-state index contributed by atoms with van der Waals surface area (Å²) < 4.78 is 44.4. The van der Waals surface area contributed by atoms with E-state index >= 15 is 0 Å². The number of amides is 1. The normalized spacial score (nSPS) is 16.0. The third-order valence-corrected chi connectivity index (χ3v) is 4.17. The first-order valence-electron chi connectivity index (χ1n) is 7.88. The van der Waals surface area contributed by atoms with Crippen LogP contribution >= 0.6 is 0 Å². The molecule has 26 heavy (non-hydrogen) atoms. The van der Waals surface area contributed by atoms with E-state index in [1.165, 1.54) is 19.2 Å². The number of hydrogen-bond donors (Lipinski definition) is 3. The molecule has 1 unspecified atom stereocenters. The SMILES string of the molecule is COc1ccc(CNC(=O)c2ccc3c(c2)NC(O)C3)c(C(F)(F)F)c1. The summed E-state index contributed by atoms with van der Waals surface area (Å²) in [5.74, 6) is -0.407. The quantitative estimate of drug-likeness (QED) is 0.778. The monoisotopic (exact) mass is 366 g/mol. The molecule has 2 aromatic carbocycles. The first-order chi connectivity index (χ1) is 12.3. The smallest absolute Gasteiger partial charge is 0.416 e. The molecule has 3 rings (SSSR count). The summed E-state index contributed by atoms with van der Waals surface area (Å²) in [6.45, 7) is -0.273. The van der Waals surface area contributed by atoms with Gasteiger partial charge in [-0.2, -0.15) is 13.2 Å². The molecule has 0 saturated carbocycles. The van der Waals surface area contributed by atoms with Gasteiger partial charge in [0.25, 0.3) is 5.91 Å². The highest BCUT2D eigenvalue weighted by molar-refractivity contribution is 5.95. The molecule has 0 spiro atoms. The fourth-order valence-electron chi connectivity index (χ4n) is 2.85. The highest BCUT2D eigenvalue weighted by Crippen LogP contribution is 2.34. The number of alkyl halides is 3. The number of hydrogen-bond acceptors (Lipinski definition) is 4. The Balaban J connectivity index is 1.75. The first kappa shape index (κ1) is 18.1. The number of aliphatic hydroxyl groups is 1. The van der Waals surface area contributed by atoms with Crippen molar-refractivity contribution in [1.29, 1.82) is 0 Å². The number of rotatable bonds is 4.